The number of nitrogens with one attached hydrogen (secondary N) is 1. The zero-order chi connectivity index (χ0) is 15.5. The van der Waals surface area contributed by atoms with Crippen LogP contribution in [-0.4, -0.2) is 24.0 Å². The number of carbonyl (C=O) groups excluding carboxylic acids is 1. The Bertz CT molecular complexity index is 663. The normalized spacial score (nSPS) is 15.2. The Balaban J connectivity index is 1.77. The number of carbonyl (C=O) groups is 1. The quantitative estimate of drug-likeness (QED) is 0.921. The number of rotatable bonds is 5. The molecule has 1 saturated carbocycles. The summed E-state index contributed by atoms with van der Waals surface area (Å²) in [6, 6.07) is 9.84. The van der Waals surface area contributed by atoms with Gasteiger partial charge in [0.2, 0.25) is 0 Å². The molecule has 1 aliphatic rings. The molecular weight excluding hydrogens is 276 g/mol. The van der Waals surface area contributed by atoms with Gasteiger partial charge in [-0.15, -0.1) is 0 Å². The minimum absolute atomic E-state index is 0.0535. The van der Waals surface area contributed by atoms with Gasteiger partial charge < -0.3 is 10.1 Å². The maximum atomic E-state index is 12.3. The van der Waals surface area contributed by atoms with Gasteiger partial charge in [0.05, 0.1) is 12.7 Å². The minimum atomic E-state index is -0.0535. The molecule has 1 aromatic carbocycles. The first-order valence-electron chi connectivity index (χ1n) is 7.57. The molecule has 4 heteroatoms. The van der Waals surface area contributed by atoms with Gasteiger partial charge in [0.15, 0.2) is 0 Å². The maximum Gasteiger partial charge on any atom is 0.253 e. The van der Waals surface area contributed by atoms with Crippen molar-refractivity contribution in [3.63, 3.8) is 0 Å². The fourth-order valence-corrected chi connectivity index (χ4v) is 2.51. The zero-order valence-corrected chi connectivity index (χ0v) is 12.9. The van der Waals surface area contributed by atoms with Gasteiger partial charge in [-0.3, -0.25) is 9.78 Å². The number of amides is 1. The number of aromatic nitrogens is 1. The summed E-state index contributed by atoms with van der Waals surface area (Å²) < 4.78 is 5.16. The zero-order valence-electron chi connectivity index (χ0n) is 12.9. The third-order valence-electron chi connectivity index (χ3n) is 4.11. The van der Waals surface area contributed by atoms with E-state index in [1.165, 1.54) is 12.8 Å². The first-order valence-corrected chi connectivity index (χ1v) is 7.57. The van der Waals surface area contributed by atoms with Gasteiger partial charge in [-0.2, -0.15) is 0 Å². The van der Waals surface area contributed by atoms with E-state index in [-0.39, 0.29) is 11.9 Å². The van der Waals surface area contributed by atoms with Crippen molar-refractivity contribution >= 4 is 5.91 Å². The molecule has 1 unspecified atom stereocenters. The van der Waals surface area contributed by atoms with Crippen LogP contribution >= 0.6 is 0 Å². The summed E-state index contributed by atoms with van der Waals surface area (Å²) in [7, 11) is 1.64. The average Bonchev–Trinajstić information content (AvgIpc) is 3.40. The molecule has 1 heterocycles. The lowest BCUT2D eigenvalue weighted by atomic mass is 10.1. The summed E-state index contributed by atoms with van der Waals surface area (Å²) in [4.78, 5) is 16.5. The number of nitrogens with zero attached hydrogens (tertiary/aromatic N) is 1. The van der Waals surface area contributed by atoms with Gasteiger partial charge in [0.1, 0.15) is 5.75 Å². The molecule has 1 amide bonds. The van der Waals surface area contributed by atoms with Crippen molar-refractivity contribution < 1.29 is 9.53 Å². The van der Waals surface area contributed by atoms with Crippen LogP contribution in [0.15, 0.2) is 42.7 Å². The third-order valence-corrected chi connectivity index (χ3v) is 4.11. The van der Waals surface area contributed by atoms with Crippen LogP contribution in [0.2, 0.25) is 0 Å². The summed E-state index contributed by atoms with van der Waals surface area (Å²) in [5.74, 6) is 1.40. The summed E-state index contributed by atoms with van der Waals surface area (Å²) in [6.45, 7) is 2.07. The Morgan fingerprint density at radius 3 is 2.59 bits per heavy atom. The van der Waals surface area contributed by atoms with Crippen molar-refractivity contribution in [2.24, 2.45) is 5.92 Å². The second kappa shape index (κ2) is 6.18. The first-order chi connectivity index (χ1) is 10.7. The van der Waals surface area contributed by atoms with Gasteiger partial charge in [-0.25, -0.2) is 0 Å². The van der Waals surface area contributed by atoms with Gasteiger partial charge >= 0.3 is 0 Å². The van der Waals surface area contributed by atoms with E-state index in [0.717, 1.165) is 16.9 Å². The first kappa shape index (κ1) is 14.6. The Labute approximate surface area is 130 Å². The molecule has 2 aromatic rings. The molecule has 0 aliphatic heterocycles. The van der Waals surface area contributed by atoms with Crippen molar-refractivity contribution in [3.8, 4) is 16.9 Å². The van der Waals surface area contributed by atoms with Crippen molar-refractivity contribution in [1.82, 2.24) is 10.3 Å². The number of ether oxygens (including phenoxy) is 1. The fraction of sp³-hybridized carbons (Fsp3) is 0.333. The predicted molar refractivity (Wildman–Crippen MR) is 85.9 cm³/mol. The van der Waals surface area contributed by atoms with Crippen molar-refractivity contribution in [1.29, 1.82) is 0 Å². The topological polar surface area (TPSA) is 51.2 Å². The molecule has 0 saturated heterocycles. The van der Waals surface area contributed by atoms with E-state index in [2.05, 4.69) is 17.2 Å². The number of hydrogen-bond acceptors (Lipinski definition) is 3. The molecule has 0 bridgehead atoms. The Hall–Kier alpha value is -2.36. The van der Waals surface area contributed by atoms with E-state index in [9.17, 15) is 4.79 Å². The maximum absolute atomic E-state index is 12.3. The van der Waals surface area contributed by atoms with E-state index < -0.39 is 0 Å². The van der Waals surface area contributed by atoms with E-state index in [1.54, 1.807) is 19.5 Å². The van der Waals surface area contributed by atoms with Crippen LogP contribution in [0.1, 0.15) is 30.1 Å². The molecule has 1 atom stereocenters. The molecule has 1 fully saturated rings. The largest absolute Gasteiger partial charge is 0.497 e. The SMILES string of the molecule is COc1ccc(-c2cncc(C(=O)NC(C)C3CC3)c2)cc1. The van der Waals surface area contributed by atoms with Crippen LogP contribution in [0.3, 0.4) is 0 Å². The molecule has 1 aliphatic carbocycles. The molecule has 114 valence electrons. The van der Waals surface area contributed by atoms with Crippen molar-refractivity contribution in [2.45, 2.75) is 25.8 Å². The van der Waals surface area contributed by atoms with Crippen LogP contribution in [0, 0.1) is 5.92 Å². The van der Waals surface area contributed by atoms with Crippen molar-refractivity contribution in [3.05, 3.63) is 48.3 Å². The molecule has 1 aromatic heterocycles. The smallest absolute Gasteiger partial charge is 0.253 e. The van der Waals surface area contributed by atoms with Gasteiger partial charge in [0.25, 0.3) is 5.91 Å². The minimum Gasteiger partial charge on any atom is -0.497 e. The van der Waals surface area contributed by atoms with E-state index in [0.29, 0.717) is 11.5 Å². The van der Waals surface area contributed by atoms with Gasteiger partial charge in [0, 0.05) is 24.0 Å². The van der Waals surface area contributed by atoms with Crippen LogP contribution in [0.25, 0.3) is 11.1 Å². The fourth-order valence-electron chi connectivity index (χ4n) is 2.51. The lowest BCUT2D eigenvalue weighted by Gasteiger charge is -2.13. The van der Waals surface area contributed by atoms with Crippen molar-refractivity contribution in [2.75, 3.05) is 7.11 Å². The highest BCUT2D eigenvalue weighted by atomic mass is 16.5. The lowest BCUT2D eigenvalue weighted by molar-refractivity contribution is 0.0935. The van der Waals surface area contributed by atoms with Crippen LogP contribution < -0.4 is 10.1 Å². The average molecular weight is 296 g/mol. The highest BCUT2D eigenvalue weighted by molar-refractivity contribution is 5.95. The standard InChI is InChI=1S/C18H20N2O2/c1-12(13-3-4-13)20-18(21)16-9-15(10-19-11-16)14-5-7-17(22-2)8-6-14/h5-13H,3-4H2,1-2H3,(H,20,21). The summed E-state index contributed by atoms with van der Waals surface area (Å²) in [6.07, 6.45) is 5.81. The van der Waals surface area contributed by atoms with Crippen LogP contribution in [0.5, 0.6) is 5.75 Å². The van der Waals surface area contributed by atoms with Crippen LogP contribution in [-0.2, 0) is 0 Å². The van der Waals surface area contributed by atoms with Gasteiger partial charge in [-0.1, -0.05) is 12.1 Å². The Kier molecular flexibility index (Phi) is 4.09. The number of benzene rings is 1. The molecular formula is C18H20N2O2. The second-order valence-corrected chi connectivity index (χ2v) is 5.79. The Morgan fingerprint density at radius 2 is 1.95 bits per heavy atom. The third kappa shape index (κ3) is 3.27. The lowest BCUT2D eigenvalue weighted by Crippen LogP contribution is -2.34. The summed E-state index contributed by atoms with van der Waals surface area (Å²) >= 11 is 0. The van der Waals surface area contributed by atoms with E-state index in [1.807, 2.05) is 30.3 Å². The number of pyridine rings is 1. The van der Waals surface area contributed by atoms with E-state index in [4.69, 9.17) is 4.74 Å². The second-order valence-electron chi connectivity index (χ2n) is 5.79. The van der Waals surface area contributed by atoms with Crippen LogP contribution in [0.4, 0.5) is 0 Å². The molecule has 22 heavy (non-hydrogen) atoms. The van der Waals surface area contributed by atoms with Gasteiger partial charge in [-0.05, 0) is 49.4 Å². The number of hydrogen-bond donors (Lipinski definition) is 1. The number of methoxy groups -OCH3 is 1. The molecule has 4 nitrogen and oxygen atoms in total. The highest BCUT2D eigenvalue weighted by Crippen LogP contribution is 2.32. The van der Waals surface area contributed by atoms with E-state index >= 15 is 0 Å². The highest BCUT2D eigenvalue weighted by Gasteiger charge is 2.29. The molecule has 3 rings (SSSR count). The molecule has 0 spiro atoms. The summed E-state index contributed by atoms with van der Waals surface area (Å²) in [5, 5.41) is 3.06. The monoisotopic (exact) mass is 296 g/mol. The Morgan fingerprint density at radius 1 is 1.23 bits per heavy atom. The summed E-state index contributed by atoms with van der Waals surface area (Å²) in [5.41, 5.74) is 2.54. The molecule has 0 radical (unpaired) electrons. The predicted octanol–water partition coefficient (Wildman–Crippen LogP) is 3.29. The molecule has 1 N–H and O–H groups in total.